The Bertz CT molecular complexity index is 719. The van der Waals surface area contributed by atoms with E-state index in [-0.39, 0.29) is 37.0 Å². The first-order valence-electron chi connectivity index (χ1n) is 8.42. The van der Waals surface area contributed by atoms with Crippen molar-refractivity contribution in [1.29, 1.82) is 0 Å². The summed E-state index contributed by atoms with van der Waals surface area (Å²) >= 11 is 0.808. The molecule has 12 nitrogen and oxygen atoms in total. The number of carbonyl (C=O) groups excluding carboxylic acids is 7. The first-order chi connectivity index (χ1) is 13.7. The first-order valence-corrected chi connectivity index (χ1v) is 9.41. The predicted molar refractivity (Wildman–Crippen MR) is 101 cm³/mol. The van der Waals surface area contributed by atoms with E-state index in [9.17, 15) is 33.6 Å². The van der Waals surface area contributed by atoms with Crippen molar-refractivity contribution in [3.63, 3.8) is 0 Å². The van der Waals surface area contributed by atoms with Crippen LogP contribution in [0.5, 0.6) is 0 Å². The van der Waals surface area contributed by atoms with Crippen LogP contribution in [0.4, 0.5) is 0 Å². The molecule has 0 saturated carbocycles. The second kappa shape index (κ2) is 12.3. The third kappa shape index (κ3) is 10.0. The van der Waals surface area contributed by atoms with Gasteiger partial charge in [0.05, 0.1) is 25.4 Å². The zero-order chi connectivity index (χ0) is 21.8. The highest BCUT2D eigenvalue weighted by molar-refractivity contribution is 8.14. The van der Waals surface area contributed by atoms with Crippen molar-refractivity contribution >= 4 is 52.3 Å². The van der Waals surface area contributed by atoms with Crippen molar-refractivity contribution in [2.24, 2.45) is 0 Å². The maximum Gasteiger partial charge on any atom is 0.253 e. The van der Waals surface area contributed by atoms with E-state index in [4.69, 9.17) is 0 Å². The lowest BCUT2D eigenvalue weighted by Crippen LogP contribution is -2.45. The van der Waals surface area contributed by atoms with Gasteiger partial charge in [-0.15, -0.1) is 0 Å². The number of nitrogens with zero attached hydrogens (tertiary/aromatic N) is 1. The smallest absolute Gasteiger partial charge is 0.253 e. The van der Waals surface area contributed by atoms with Gasteiger partial charge in [0.15, 0.2) is 5.12 Å². The highest BCUT2D eigenvalue weighted by atomic mass is 32.2. The highest BCUT2D eigenvalue weighted by Crippen LogP contribution is 2.01. The van der Waals surface area contributed by atoms with E-state index >= 15 is 0 Å². The van der Waals surface area contributed by atoms with Crippen molar-refractivity contribution in [3.8, 4) is 0 Å². The summed E-state index contributed by atoms with van der Waals surface area (Å²) in [4.78, 5) is 80.4. The van der Waals surface area contributed by atoms with E-state index in [1.54, 1.807) is 0 Å². The van der Waals surface area contributed by atoms with Gasteiger partial charge in [-0.25, -0.2) is 0 Å². The van der Waals surface area contributed by atoms with Gasteiger partial charge in [0, 0.05) is 32.2 Å². The molecule has 6 amide bonds. The maximum atomic E-state index is 11.6. The van der Waals surface area contributed by atoms with Gasteiger partial charge < -0.3 is 21.3 Å². The Balaban J connectivity index is 2.10. The number of nitrogens with one attached hydrogen (secondary N) is 4. The normalized spacial score (nSPS) is 12.5. The second-order valence-electron chi connectivity index (χ2n) is 5.62. The molecule has 0 fully saturated rings. The van der Waals surface area contributed by atoms with Crippen molar-refractivity contribution in [2.45, 2.75) is 6.92 Å². The minimum absolute atomic E-state index is 0.0110. The third-order valence-electron chi connectivity index (χ3n) is 3.30. The van der Waals surface area contributed by atoms with Gasteiger partial charge in [-0.05, 0) is 0 Å². The predicted octanol–water partition coefficient (Wildman–Crippen LogP) is -3.34. The fourth-order valence-electron chi connectivity index (χ4n) is 1.90. The molecule has 0 aromatic rings. The number of hydrogen-bond acceptors (Lipinski definition) is 8. The van der Waals surface area contributed by atoms with Gasteiger partial charge in [-0.2, -0.15) is 0 Å². The molecule has 0 saturated heterocycles. The number of carbonyl (C=O) groups is 7. The van der Waals surface area contributed by atoms with Gasteiger partial charge in [-0.3, -0.25) is 38.5 Å². The number of thioether (sulfide) groups is 1. The van der Waals surface area contributed by atoms with Crippen LogP contribution < -0.4 is 21.3 Å². The zero-order valence-electron chi connectivity index (χ0n) is 15.6. The fraction of sp³-hybridized carbons (Fsp3) is 0.438. The summed E-state index contributed by atoms with van der Waals surface area (Å²) in [6, 6.07) is 0. The Hall–Kier alpha value is -3.22. The van der Waals surface area contributed by atoms with E-state index in [1.165, 1.54) is 6.92 Å². The lowest BCUT2D eigenvalue weighted by molar-refractivity contribution is -0.137. The topological polar surface area (TPSA) is 171 Å². The summed E-state index contributed by atoms with van der Waals surface area (Å²) in [7, 11) is 0. The summed E-state index contributed by atoms with van der Waals surface area (Å²) < 4.78 is 0. The standard InChI is InChI=1S/C16H21N5O7S/c1-10(22)29-9-14(26)20-8-13(25)19-7-12(24)18-6-11(23)17-4-5-21-15(27)2-3-16(21)28/h2-3H,4-9H2,1H3,(H,17,23)(H,18,24)(H,19,25)(H,20,26). The molecule has 0 aliphatic carbocycles. The Morgan fingerprint density at radius 2 is 1.24 bits per heavy atom. The van der Waals surface area contributed by atoms with Crippen LogP contribution in [-0.2, 0) is 33.6 Å². The molecular formula is C16H21N5O7S. The molecule has 0 aromatic heterocycles. The van der Waals surface area contributed by atoms with Crippen molar-refractivity contribution in [1.82, 2.24) is 26.2 Å². The van der Waals surface area contributed by atoms with Crippen LogP contribution in [0.3, 0.4) is 0 Å². The minimum atomic E-state index is -0.624. The maximum absolute atomic E-state index is 11.6. The Morgan fingerprint density at radius 1 is 0.793 bits per heavy atom. The lowest BCUT2D eigenvalue weighted by Gasteiger charge is -2.14. The average molecular weight is 427 g/mol. The molecule has 1 aliphatic heterocycles. The van der Waals surface area contributed by atoms with E-state index in [1.807, 2.05) is 0 Å². The molecule has 13 heteroatoms. The van der Waals surface area contributed by atoms with Crippen LogP contribution in [0.2, 0.25) is 0 Å². The molecule has 158 valence electrons. The van der Waals surface area contributed by atoms with Gasteiger partial charge in [0.2, 0.25) is 23.6 Å². The molecule has 1 heterocycles. The Kier molecular flexibility index (Phi) is 10.1. The molecule has 0 bridgehead atoms. The van der Waals surface area contributed by atoms with Gasteiger partial charge in [0.25, 0.3) is 11.8 Å². The molecular weight excluding hydrogens is 406 g/mol. The Labute approximate surface area is 170 Å². The first kappa shape index (κ1) is 23.8. The van der Waals surface area contributed by atoms with Crippen LogP contribution in [0.1, 0.15) is 6.92 Å². The van der Waals surface area contributed by atoms with Crippen LogP contribution in [0, 0.1) is 0 Å². The van der Waals surface area contributed by atoms with Crippen molar-refractivity contribution in [3.05, 3.63) is 12.2 Å². The Morgan fingerprint density at radius 3 is 1.72 bits per heavy atom. The third-order valence-corrected chi connectivity index (χ3v) is 4.12. The van der Waals surface area contributed by atoms with Crippen LogP contribution in [-0.4, -0.2) is 83.9 Å². The van der Waals surface area contributed by atoms with Crippen LogP contribution in [0.15, 0.2) is 12.2 Å². The molecule has 29 heavy (non-hydrogen) atoms. The monoisotopic (exact) mass is 427 g/mol. The molecule has 4 N–H and O–H groups in total. The number of rotatable bonds is 11. The highest BCUT2D eigenvalue weighted by Gasteiger charge is 2.22. The van der Waals surface area contributed by atoms with Crippen molar-refractivity contribution < 1.29 is 33.6 Å². The fourth-order valence-corrected chi connectivity index (χ4v) is 2.34. The summed E-state index contributed by atoms with van der Waals surface area (Å²) in [5.41, 5.74) is 0. The molecule has 0 aromatic carbocycles. The molecule has 0 unspecified atom stereocenters. The SMILES string of the molecule is CC(=O)SCC(=O)NCC(=O)NCC(=O)NCC(=O)NCCN1C(=O)C=CC1=O. The van der Waals surface area contributed by atoms with E-state index in [0.717, 1.165) is 28.8 Å². The molecule has 0 radical (unpaired) electrons. The van der Waals surface area contributed by atoms with Crippen molar-refractivity contribution in [2.75, 3.05) is 38.5 Å². The summed E-state index contributed by atoms with van der Waals surface area (Å²) in [5.74, 6) is -3.28. The summed E-state index contributed by atoms with van der Waals surface area (Å²) in [6.45, 7) is 0.258. The van der Waals surface area contributed by atoms with Gasteiger partial charge >= 0.3 is 0 Å². The second-order valence-corrected chi connectivity index (χ2v) is 6.77. The number of hydrogen-bond donors (Lipinski definition) is 4. The van der Waals surface area contributed by atoms with E-state index in [0.29, 0.717) is 0 Å². The average Bonchev–Trinajstić information content (AvgIpc) is 2.99. The van der Waals surface area contributed by atoms with Crippen LogP contribution >= 0.6 is 11.8 Å². The molecule has 1 rings (SSSR count). The number of imide groups is 1. The summed E-state index contributed by atoms with van der Waals surface area (Å²) in [5, 5.41) is 9.04. The van der Waals surface area contributed by atoms with Crippen LogP contribution in [0.25, 0.3) is 0 Å². The minimum Gasteiger partial charge on any atom is -0.353 e. The largest absolute Gasteiger partial charge is 0.353 e. The van der Waals surface area contributed by atoms with Gasteiger partial charge in [0.1, 0.15) is 0 Å². The summed E-state index contributed by atoms with van der Waals surface area (Å²) in [6.07, 6.45) is 2.27. The number of amides is 6. The zero-order valence-corrected chi connectivity index (χ0v) is 16.4. The molecule has 0 atom stereocenters. The molecule has 1 aliphatic rings. The lowest BCUT2D eigenvalue weighted by atomic mass is 10.4. The molecule has 0 spiro atoms. The quantitative estimate of drug-likeness (QED) is 0.248. The van der Waals surface area contributed by atoms with E-state index in [2.05, 4.69) is 21.3 Å². The van der Waals surface area contributed by atoms with Gasteiger partial charge in [-0.1, -0.05) is 11.8 Å². The van der Waals surface area contributed by atoms with E-state index < -0.39 is 42.0 Å².